The number of sulfonamides is 1. The Morgan fingerprint density at radius 3 is 2.30 bits per heavy atom. The van der Waals surface area contributed by atoms with E-state index in [1.54, 1.807) is 54.6 Å². The van der Waals surface area contributed by atoms with Crippen LogP contribution in [0.25, 0.3) is 0 Å². The predicted octanol–water partition coefficient (Wildman–Crippen LogP) is 2.25. The number of nitrogens with zero attached hydrogens (tertiary/aromatic N) is 1. The van der Waals surface area contributed by atoms with Crippen molar-refractivity contribution in [2.75, 3.05) is 13.2 Å². The number of benzene rings is 2. The molecule has 0 radical (unpaired) electrons. The average Bonchev–Trinajstić information content (AvgIpc) is 3.00. The first-order valence-electron chi connectivity index (χ1n) is 8.54. The van der Waals surface area contributed by atoms with Crippen LogP contribution < -0.4 is 4.72 Å². The van der Waals surface area contributed by atoms with Gasteiger partial charge in [0, 0.05) is 0 Å². The molecule has 1 fully saturated rings. The van der Waals surface area contributed by atoms with Gasteiger partial charge in [0.1, 0.15) is 0 Å². The molecule has 1 aliphatic heterocycles. The van der Waals surface area contributed by atoms with E-state index in [0.717, 1.165) is 16.9 Å². The predicted molar refractivity (Wildman–Crippen MR) is 98.4 cm³/mol. The summed E-state index contributed by atoms with van der Waals surface area (Å²) in [6.45, 7) is 1.51. The van der Waals surface area contributed by atoms with Crippen molar-refractivity contribution >= 4 is 22.0 Å². The summed E-state index contributed by atoms with van der Waals surface area (Å²) >= 11 is 0. The van der Waals surface area contributed by atoms with E-state index in [1.165, 1.54) is 0 Å². The van der Waals surface area contributed by atoms with Crippen molar-refractivity contribution in [3.8, 4) is 0 Å². The summed E-state index contributed by atoms with van der Waals surface area (Å²) in [4.78, 5) is 24.7. The first-order chi connectivity index (χ1) is 12.9. The Morgan fingerprint density at radius 2 is 1.74 bits per heavy atom. The van der Waals surface area contributed by atoms with Crippen LogP contribution in [-0.4, -0.2) is 38.5 Å². The number of ether oxygens (including phenoxy) is 1. The molecule has 1 aliphatic rings. The standard InChI is InChI=1S/C19H20N2O5S/c1-2-14-8-10-16(11-9-14)27(24,25)20-17(15-6-4-3-5-7-15)12-21-18(22)13-26-19(21)23/h3-11,17,20H,2,12-13H2,1H3. The first kappa shape index (κ1) is 19.1. The summed E-state index contributed by atoms with van der Waals surface area (Å²) in [6, 6.07) is 14.6. The van der Waals surface area contributed by atoms with Crippen LogP contribution in [0.1, 0.15) is 24.1 Å². The number of carbonyl (C=O) groups excluding carboxylic acids is 2. The Bertz CT molecular complexity index is 910. The first-order valence-corrected chi connectivity index (χ1v) is 10.0. The second-order valence-electron chi connectivity index (χ2n) is 6.14. The maximum Gasteiger partial charge on any atom is 0.417 e. The maximum atomic E-state index is 12.8. The number of rotatable bonds is 7. The molecule has 7 nitrogen and oxygen atoms in total. The van der Waals surface area contributed by atoms with Crippen LogP contribution in [-0.2, 0) is 26.0 Å². The van der Waals surface area contributed by atoms with Crippen molar-refractivity contribution in [3.05, 3.63) is 65.7 Å². The fourth-order valence-corrected chi connectivity index (χ4v) is 4.01. The van der Waals surface area contributed by atoms with Crippen LogP contribution in [0.15, 0.2) is 59.5 Å². The highest BCUT2D eigenvalue weighted by atomic mass is 32.2. The molecule has 1 N–H and O–H groups in total. The van der Waals surface area contributed by atoms with Crippen LogP contribution in [0.3, 0.4) is 0 Å². The highest BCUT2D eigenvalue weighted by Crippen LogP contribution is 2.21. The Labute approximate surface area is 158 Å². The number of carbonyl (C=O) groups is 2. The Hall–Kier alpha value is -2.71. The zero-order chi connectivity index (χ0) is 19.4. The van der Waals surface area contributed by atoms with E-state index in [0.29, 0.717) is 5.56 Å². The number of amides is 2. The van der Waals surface area contributed by atoms with Gasteiger partial charge in [0.2, 0.25) is 10.0 Å². The SMILES string of the molecule is CCc1ccc(S(=O)(=O)NC(CN2C(=O)COC2=O)c2ccccc2)cc1. The third-order valence-electron chi connectivity index (χ3n) is 4.35. The number of hydrogen-bond acceptors (Lipinski definition) is 5. The summed E-state index contributed by atoms with van der Waals surface area (Å²) in [7, 11) is -3.85. The molecule has 1 atom stereocenters. The summed E-state index contributed by atoms with van der Waals surface area (Å²) in [5.74, 6) is -0.493. The van der Waals surface area contributed by atoms with Gasteiger partial charge in [0.05, 0.1) is 17.5 Å². The smallest absolute Gasteiger partial charge is 0.417 e. The van der Waals surface area contributed by atoms with E-state index >= 15 is 0 Å². The van der Waals surface area contributed by atoms with Gasteiger partial charge in [-0.25, -0.2) is 22.8 Å². The molecule has 0 saturated carbocycles. The van der Waals surface area contributed by atoms with Crippen LogP contribution in [0.2, 0.25) is 0 Å². The zero-order valence-electron chi connectivity index (χ0n) is 14.8. The average molecular weight is 388 g/mol. The Kier molecular flexibility index (Phi) is 5.57. The van der Waals surface area contributed by atoms with Gasteiger partial charge >= 0.3 is 6.09 Å². The fourth-order valence-electron chi connectivity index (χ4n) is 2.80. The van der Waals surface area contributed by atoms with E-state index < -0.39 is 28.1 Å². The monoisotopic (exact) mass is 388 g/mol. The molecule has 8 heteroatoms. The summed E-state index contributed by atoms with van der Waals surface area (Å²) < 4.78 is 33.0. The van der Waals surface area contributed by atoms with E-state index in [2.05, 4.69) is 4.72 Å². The van der Waals surface area contributed by atoms with Crippen molar-refractivity contribution in [2.45, 2.75) is 24.3 Å². The van der Waals surface area contributed by atoms with Crippen LogP contribution in [0.4, 0.5) is 4.79 Å². The summed E-state index contributed by atoms with van der Waals surface area (Å²) in [6.07, 6.45) is 0.0342. The van der Waals surface area contributed by atoms with E-state index in [1.807, 2.05) is 6.92 Å². The molecule has 2 amide bonds. The maximum absolute atomic E-state index is 12.8. The number of nitrogens with one attached hydrogen (secondary N) is 1. The Morgan fingerprint density at radius 1 is 1.07 bits per heavy atom. The van der Waals surface area contributed by atoms with Crippen molar-refractivity contribution in [2.24, 2.45) is 0 Å². The lowest BCUT2D eigenvalue weighted by Crippen LogP contribution is -2.40. The molecular weight excluding hydrogens is 368 g/mol. The van der Waals surface area contributed by atoms with Crippen molar-refractivity contribution < 1.29 is 22.7 Å². The molecule has 3 rings (SSSR count). The van der Waals surface area contributed by atoms with E-state index in [-0.39, 0.29) is 18.0 Å². The zero-order valence-corrected chi connectivity index (χ0v) is 15.6. The molecule has 0 spiro atoms. The molecule has 1 unspecified atom stereocenters. The normalized spacial score (nSPS) is 15.7. The third kappa shape index (κ3) is 4.35. The molecule has 0 aliphatic carbocycles. The highest BCUT2D eigenvalue weighted by molar-refractivity contribution is 7.89. The van der Waals surface area contributed by atoms with Crippen LogP contribution in [0, 0.1) is 0 Å². The van der Waals surface area contributed by atoms with Crippen molar-refractivity contribution in [1.82, 2.24) is 9.62 Å². The van der Waals surface area contributed by atoms with Crippen molar-refractivity contribution in [3.63, 3.8) is 0 Å². The fraction of sp³-hybridized carbons (Fsp3) is 0.263. The quantitative estimate of drug-likeness (QED) is 0.785. The summed E-state index contributed by atoms with van der Waals surface area (Å²) in [5.41, 5.74) is 1.66. The van der Waals surface area contributed by atoms with Gasteiger partial charge < -0.3 is 4.74 Å². The number of hydrogen-bond donors (Lipinski definition) is 1. The van der Waals surface area contributed by atoms with Gasteiger partial charge in [0.25, 0.3) is 5.91 Å². The van der Waals surface area contributed by atoms with Gasteiger partial charge in [-0.05, 0) is 29.7 Å². The lowest BCUT2D eigenvalue weighted by Gasteiger charge is -2.22. The van der Waals surface area contributed by atoms with Gasteiger partial charge in [-0.2, -0.15) is 0 Å². The molecule has 2 aromatic carbocycles. The van der Waals surface area contributed by atoms with Crippen molar-refractivity contribution in [1.29, 1.82) is 0 Å². The molecule has 1 heterocycles. The highest BCUT2D eigenvalue weighted by Gasteiger charge is 2.34. The molecule has 142 valence electrons. The topological polar surface area (TPSA) is 92.8 Å². The second-order valence-corrected chi connectivity index (χ2v) is 7.85. The lowest BCUT2D eigenvalue weighted by atomic mass is 10.1. The second kappa shape index (κ2) is 7.89. The van der Waals surface area contributed by atoms with Gasteiger partial charge in [0.15, 0.2) is 6.61 Å². The lowest BCUT2D eigenvalue weighted by molar-refractivity contribution is -0.126. The minimum absolute atomic E-state index is 0.121. The molecular formula is C19H20N2O5S. The number of cyclic esters (lactones) is 1. The van der Waals surface area contributed by atoms with E-state index in [9.17, 15) is 18.0 Å². The third-order valence-corrected chi connectivity index (χ3v) is 5.83. The molecule has 0 aromatic heterocycles. The summed E-state index contributed by atoms with van der Waals surface area (Å²) in [5, 5.41) is 0. The van der Waals surface area contributed by atoms with Gasteiger partial charge in [-0.15, -0.1) is 0 Å². The number of aryl methyl sites for hydroxylation is 1. The Balaban J connectivity index is 1.88. The van der Waals surface area contributed by atoms with Gasteiger partial charge in [-0.1, -0.05) is 49.4 Å². The number of imide groups is 1. The molecule has 1 saturated heterocycles. The largest absolute Gasteiger partial charge is 0.439 e. The van der Waals surface area contributed by atoms with E-state index in [4.69, 9.17) is 4.74 Å². The minimum atomic E-state index is -3.85. The van der Waals surface area contributed by atoms with Crippen LogP contribution >= 0.6 is 0 Å². The molecule has 2 aromatic rings. The molecule has 0 bridgehead atoms. The minimum Gasteiger partial charge on any atom is -0.439 e. The van der Waals surface area contributed by atoms with Crippen LogP contribution in [0.5, 0.6) is 0 Å². The molecule has 27 heavy (non-hydrogen) atoms. The van der Waals surface area contributed by atoms with Gasteiger partial charge in [-0.3, -0.25) is 4.79 Å².